The molecule has 23 heavy (non-hydrogen) atoms. The summed E-state index contributed by atoms with van der Waals surface area (Å²) in [5.41, 5.74) is 1.61. The Kier molecular flexibility index (Phi) is 3.31. The largest absolute Gasteiger partial charge is 0.497 e. The molecule has 2 heterocycles. The molecule has 0 radical (unpaired) electrons. The van der Waals surface area contributed by atoms with Crippen LogP contribution in [0.3, 0.4) is 0 Å². The molecule has 2 aromatic heterocycles. The minimum atomic E-state index is -0.175. The van der Waals surface area contributed by atoms with Gasteiger partial charge in [0.25, 0.3) is 0 Å². The van der Waals surface area contributed by atoms with Crippen molar-refractivity contribution >= 4 is 28.0 Å². The third-order valence-electron chi connectivity index (χ3n) is 4.39. The highest BCUT2D eigenvalue weighted by molar-refractivity contribution is 7.10. The molecule has 4 rings (SSSR count). The SMILES string of the molecule is COc1ccc2c(=O)c3c([nH]c2c1)CC(c1cccs1)CC3=O. The van der Waals surface area contributed by atoms with E-state index in [4.69, 9.17) is 4.74 Å². The van der Waals surface area contributed by atoms with E-state index in [2.05, 4.69) is 11.1 Å². The number of nitrogens with one attached hydrogen (secondary N) is 1. The molecule has 0 fully saturated rings. The second kappa shape index (κ2) is 5.35. The summed E-state index contributed by atoms with van der Waals surface area (Å²) in [6.45, 7) is 0. The van der Waals surface area contributed by atoms with E-state index in [1.165, 1.54) is 4.88 Å². The van der Waals surface area contributed by atoms with Gasteiger partial charge in [-0.1, -0.05) is 6.07 Å². The number of ether oxygens (including phenoxy) is 1. The number of aromatic nitrogens is 1. The van der Waals surface area contributed by atoms with Crippen LogP contribution < -0.4 is 10.2 Å². The molecule has 0 bridgehead atoms. The molecule has 0 saturated heterocycles. The highest BCUT2D eigenvalue weighted by Crippen LogP contribution is 2.34. The van der Waals surface area contributed by atoms with Crippen molar-refractivity contribution in [1.82, 2.24) is 4.98 Å². The van der Waals surface area contributed by atoms with Crippen LogP contribution in [0.4, 0.5) is 0 Å². The van der Waals surface area contributed by atoms with Crippen molar-refractivity contribution in [2.75, 3.05) is 7.11 Å². The van der Waals surface area contributed by atoms with Crippen LogP contribution in [0.2, 0.25) is 0 Å². The van der Waals surface area contributed by atoms with Gasteiger partial charge in [-0.25, -0.2) is 0 Å². The molecule has 0 aliphatic heterocycles. The standard InChI is InChI=1S/C18H15NO3S/c1-22-11-4-5-12-13(9-11)19-14-7-10(16-3-2-6-23-16)8-15(20)17(14)18(12)21/h2-6,9-10H,7-8H2,1H3,(H,19,21). The Labute approximate surface area is 136 Å². The van der Waals surface area contributed by atoms with Gasteiger partial charge in [-0.15, -0.1) is 11.3 Å². The number of thiophene rings is 1. The topological polar surface area (TPSA) is 59.2 Å². The molecule has 116 valence electrons. The zero-order chi connectivity index (χ0) is 16.0. The Balaban J connectivity index is 1.89. The average Bonchev–Trinajstić information content (AvgIpc) is 3.08. The van der Waals surface area contributed by atoms with E-state index in [0.29, 0.717) is 35.1 Å². The number of rotatable bonds is 2. The summed E-state index contributed by atoms with van der Waals surface area (Å²) in [4.78, 5) is 29.7. The number of H-pyrrole nitrogens is 1. The van der Waals surface area contributed by atoms with Gasteiger partial charge in [0.15, 0.2) is 11.2 Å². The third-order valence-corrected chi connectivity index (χ3v) is 5.43. The lowest BCUT2D eigenvalue weighted by Gasteiger charge is -2.22. The van der Waals surface area contributed by atoms with Gasteiger partial charge in [-0.2, -0.15) is 0 Å². The molecule has 1 N–H and O–H groups in total. The summed E-state index contributed by atoms with van der Waals surface area (Å²) in [5, 5.41) is 2.55. The minimum absolute atomic E-state index is 0.0661. The van der Waals surface area contributed by atoms with Gasteiger partial charge in [0.2, 0.25) is 0 Å². The molecule has 1 unspecified atom stereocenters. The highest BCUT2D eigenvalue weighted by Gasteiger charge is 2.30. The Morgan fingerprint density at radius 1 is 1.22 bits per heavy atom. The second-order valence-electron chi connectivity index (χ2n) is 5.76. The molecule has 3 aromatic rings. The summed E-state index contributed by atoms with van der Waals surface area (Å²) in [5.74, 6) is 0.766. The van der Waals surface area contributed by atoms with Crippen molar-refractivity contribution in [2.45, 2.75) is 18.8 Å². The van der Waals surface area contributed by atoms with Crippen LogP contribution >= 0.6 is 11.3 Å². The number of pyridine rings is 1. The van der Waals surface area contributed by atoms with Gasteiger partial charge in [0.05, 0.1) is 18.2 Å². The monoisotopic (exact) mass is 325 g/mol. The van der Waals surface area contributed by atoms with Crippen LogP contribution in [0.15, 0.2) is 40.5 Å². The number of hydrogen-bond donors (Lipinski definition) is 1. The predicted octanol–water partition coefficient (Wildman–Crippen LogP) is 3.51. The Morgan fingerprint density at radius 3 is 2.83 bits per heavy atom. The zero-order valence-electron chi connectivity index (χ0n) is 12.6. The maximum absolute atomic E-state index is 12.7. The fourth-order valence-electron chi connectivity index (χ4n) is 3.27. The van der Waals surface area contributed by atoms with Crippen LogP contribution in [0, 0.1) is 0 Å². The molecule has 5 heteroatoms. The summed E-state index contributed by atoms with van der Waals surface area (Å²) in [6.07, 6.45) is 1.09. The van der Waals surface area contributed by atoms with Crippen molar-refractivity contribution in [3.05, 3.63) is 62.1 Å². The van der Waals surface area contributed by atoms with Crippen LogP contribution in [0.25, 0.3) is 10.9 Å². The number of Topliss-reactive ketones (excluding diaryl/α,β-unsaturated/α-hetero) is 1. The molecule has 0 saturated carbocycles. The van der Waals surface area contributed by atoms with Gasteiger partial charge in [0, 0.05) is 34.4 Å². The van der Waals surface area contributed by atoms with E-state index in [0.717, 1.165) is 5.69 Å². The molecule has 1 aliphatic rings. The van der Waals surface area contributed by atoms with Crippen molar-refractivity contribution in [3.8, 4) is 5.75 Å². The van der Waals surface area contributed by atoms with E-state index in [1.54, 1.807) is 36.6 Å². The zero-order valence-corrected chi connectivity index (χ0v) is 13.4. The van der Waals surface area contributed by atoms with Gasteiger partial charge in [-0.05, 0) is 30.0 Å². The predicted molar refractivity (Wildman–Crippen MR) is 90.8 cm³/mol. The molecule has 1 atom stereocenters. The van der Waals surface area contributed by atoms with Crippen LogP contribution in [0.1, 0.15) is 33.3 Å². The van der Waals surface area contributed by atoms with Crippen molar-refractivity contribution in [3.63, 3.8) is 0 Å². The van der Waals surface area contributed by atoms with E-state index in [1.807, 2.05) is 11.4 Å². The maximum atomic E-state index is 12.7. The normalized spacial score (nSPS) is 17.3. The second-order valence-corrected chi connectivity index (χ2v) is 6.74. The number of carbonyl (C=O) groups excluding carboxylic acids is 1. The number of benzene rings is 1. The summed E-state index contributed by atoms with van der Waals surface area (Å²) >= 11 is 1.66. The first-order chi connectivity index (χ1) is 11.2. The first kappa shape index (κ1) is 14.2. The molecular weight excluding hydrogens is 310 g/mol. The lowest BCUT2D eigenvalue weighted by Crippen LogP contribution is -2.27. The Bertz CT molecular complexity index is 956. The summed E-state index contributed by atoms with van der Waals surface area (Å²) in [7, 11) is 1.59. The van der Waals surface area contributed by atoms with Gasteiger partial charge in [0.1, 0.15) is 5.75 Å². The van der Waals surface area contributed by atoms with Crippen LogP contribution in [0.5, 0.6) is 5.75 Å². The van der Waals surface area contributed by atoms with Crippen LogP contribution in [-0.2, 0) is 6.42 Å². The number of aromatic amines is 1. The highest BCUT2D eigenvalue weighted by atomic mass is 32.1. The summed E-state index contributed by atoms with van der Waals surface area (Å²) in [6, 6.07) is 9.30. The first-order valence-corrected chi connectivity index (χ1v) is 8.35. The van der Waals surface area contributed by atoms with E-state index in [9.17, 15) is 9.59 Å². The smallest absolute Gasteiger partial charge is 0.200 e. The molecule has 4 nitrogen and oxygen atoms in total. The van der Waals surface area contributed by atoms with E-state index in [-0.39, 0.29) is 17.1 Å². The summed E-state index contributed by atoms with van der Waals surface area (Å²) < 4.78 is 5.22. The van der Waals surface area contributed by atoms with Crippen molar-refractivity contribution < 1.29 is 9.53 Å². The molecule has 0 amide bonds. The molecule has 0 spiro atoms. The van der Waals surface area contributed by atoms with E-state index >= 15 is 0 Å². The lowest BCUT2D eigenvalue weighted by atomic mass is 9.84. The minimum Gasteiger partial charge on any atom is -0.497 e. The molecule has 1 aliphatic carbocycles. The maximum Gasteiger partial charge on any atom is 0.200 e. The number of ketones is 1. The molecule has 1 aromatic carbocycles. The van der Waals surface area contributed by atoms with Gasteiger partial charge >= 0.3 is 0 Å². The fourth-order valence-corrected chi connectivity index (χ4v) is 4.10. The Morgan fingerprint density at radius 2 is 2.09 bits per heavy atom. The average molecular weight is 325 g/mol. The van der Waals surface area contributed by atoms with E-state index < -0.39 is 0 Å². The van der Waals surface area contributed by atoms with Crippen molar-refractivity contribution in [1.29, 1.82) is 0 Å². The number of methoxy groups -OCH3 is 1. The quantitative estimate of drug-likeness (QED) is 0.784. The number of carbonyl (C=O) groups is 1. The molecular formula is C18H15NO3S. The number of fused-ring (bicyclic) bond motifs is 2. The first-order valence-electron chi connectivity index (χ1n) is 7.47. The fraction of sp³-hybridized carbons (Fsp3) is 0.222. The van der Waals surface area contributed by atoms with Crippen molar-refractivity contribution in [2.24, 2.45) is 0 Å². The lowest BCUT2D eigenvalue weighted by molar-refractivity contribution is 0.0963. The van der Waals surface area contributed by atoms with Crippen LogP contribution in [-0.4, -0.2) is 17.9 Å². The Hall–Kier alpha value is -2.40. The van der Waals surface area contributed by atoms with Gasteiger partial charge < -0.3 is 9.72 Å². The number of hydrogen-bond acceptors (Lipinski definition) is 4. The van der Waals surface area contributed by atoms with Gasteiger partial charge in [-0.3, -0.25) is 9.59 Å². The third kappa shape index (κ3) is 2.28.